The number of benzene rings is 1. The lowest BCUT2D eigenvalue weighted by Crippen LogP contribution is -2.22. The van der Waals surface area contributed by atoms with Crippen LogP contribution in [-0.4, -0.2) is 34.5 Å². The summed E-state index contributed by atoms with van der Waals surface area (Å²) in [6.45, 7) is 5.92. The van der Waals surface area contributed by atoms with Crippen molar-refractivity contribution in [2.24, 2.45) is 5.92 Å². The van der Waals surface area contributed by atoms with E-state index in [0.29, 0.717) is 18.9 Å². The molecule has 0 aliphatic carbocycles. The molecule has 6 heteroatoms. The summed E-state index contributed by atoms with van der Waals surface area (Å²) >= 11 is 0. The maximum atomic E-state index is 12.3. The van der Waals surface area contributed by atoms with E-state index in [1.165, 1.54) is 0 Å². The van der Waals surface area contributed by atoms with Crippen LogP contribution in [0.4, 0.5) is 5.69 Å². The highest BCUT2D eigenvalue weighted by atomic mass is 16.1. The molecule has 2 aromatic heterocycles. The Morgan fingerprint density at radius 3 is 2.63 bits per heavy atom. The number of hydrogen-bond donors (Lipinski definition) is 1. The summed E-state index contributed by atoms with van der Waals surface area (Å²) in [6.07, 6.45) is 4.95. The fraction of sp³-hybridized carbons (Fsp3) is 0.458. The van der Waals surface area contributed by atoms with E-state index in [2.05, 4.69) is 57.9 Å². The molecular weight excluding hydrogens is 374 g/mol. The van der Waals surface area contributed by atoms with Crippen molar-refractivity contribution in [1.82, 2.24) is 19.9 Å². The predicted molar refractivity (Wildman–Crippen MR) is 123 cm³/mol. The van der Waals surface area contributed by atoms with Crippen molar-refractivity contribution in [3.05, 3.63) is 54.0 Å². The molecule has 0 aliphatic rings. The van der Waals surface area contributed by atoms with Crippen molar-refractivity contribution in [1.29, 1.82) is 0 Å². The van der Waals surface area contributed by atoms with E-state index in [4.69, 9.17) is 4.98 Å². The largest absolute Gasteiger partial charge is 0.378 e. The van der Waals surface area contributed by atoms with Crippen LogP contribution in [0.25, 0.3) is 11.2 Å². The van der Waals surface area contributed by atoms with Crippen LogP contribution in [0.2, 0.25) is 0 Å². The fourth-order valence-electron chi connectivity index (χ4n) is 3.43. The van der Waals surface area contributed by atoms with Gasteiger partial charge in [0, 0.05) is 51.9 Å². The van der Waals surface area contributed by atoms with E-state index >= 15 is 0 Å². The van der Waals surface area contributed by atoms with Gasteiger partial charge >= 0.3 is 0 Å². The Hall–Kier alpha value is -2.89. The molecule has 0 saturated carbocycles. The molecule has 160 valence electrons. The zero-order chi connectivity index (χ0) is 21.5. The first kappa shape index (κ1) is 21.8. The Balaban J connectivity index is 1.52. The van der Waals surface area contributed by atoms with Crippen LogP contribution in [0.15, 0.2) is 42.6 Å². The lowest BCUT2D eigenvalue weighted by molar-refractivity contribution is -0.121. The Morgan fingerprint density at radius 2 is 1.93 bits per heavy atom. The first-order valence-corrected chi connectivity index (χ1v) is 10.8. The summed E-state index contributed by atoms with van der Waals surface area (Å²) in [4.78, 5) is 23.6. The second-order valence-electron chi connectivity index (χ2n) is 8.40. The molecule has 0 fully saturated rings. The minimum absolute atomic E-state index is 0.0784. The van der Waals surface area contributed by atoms with Crippen molar-refractivity contribution in [2.75, 3.05) is 19.0 Å². The van der Waals surface area contributed by atoms with Gasteiger partial charge in [-0.15, -0.1) is 0 Å². The SMILES string of the molecule is CC(C)CCn1c(CCCC(=O)NCc2ccc(N(C)C)cc2)nc2cccnc21. The number of nitrogens with one attached hydrogen (secondary N) is 1. The molecule has 3 aromatic rings. The molecule has 0 bridgehead atoms. The Labute approximate surface area is 179 Å². The van der Waals surface area contributed by atoms with E-state index in [1.54, 1.807) is 0 Å². The molecule has 1 amide bonds. The molecule has 1 N–H and O–H groups in total. The lowest BCUT2D eigenvalue weighted by Gasteiger charge is -2.13. The van der Waals surface area contributed by atoms with E-state index in [9.17, 15) is 4.79 Å². The molecule has 0 spiro atoms. The van der Waals surface area contributed by atoms with Gasteiger partial charge in [0.2, 0.25) is 5.91 Å². The average Bonchev–Trinajstić information content (AvgIpc) is 3.08. The first-order chi connectivity index (χ1) is 14.4. The third-order valence-electron chi connectivity index (χ3n) is 5.26. The average molecular weight is 408 g/mol. The van der Waals surface area contributed by atoms with E-state index in [-0.39, 0.29) is 5.91 Å². The quantitative estimate of drug-likeness (QED) is 0.548. The first-order valence-electron chi connectivity index (χ1n) is 10.8. The number of hydrogen-bond acceptors (Lipinski definition) is 4. The number of aryl methyl sites for hydroxylation is 2. The van der Waals surface area contributed by atoms with Crippen LogP contribution < -0.4 is 10.2 Å². The Bertz CT molecular complexity index is 959. The van der Waals surface area contributed by atoms with E-state index in [0.717, 1.165) is 54.0 Å². The number of carbonyl (C=O) groups excluding carboxylic acids is 1. The molecular formula is C24H33N5O. The van der Waals surface area contributed by atoms with Crippen LogP contribution in [-0.2, 0) is 24.3 Å². The number of rotatable bonds is 10. The standard InChI is InChI=1S/C24H33N5O/c1-18(2)14-16-29-22(27-21-7-6-15-25-24(21)29)8-5-9-23(30)26-17-19-10-12-20(13-11-19)28(3)4/h6-7,10-13,15,18H,5,8-9,14,16-17H2,1-4H3,(H,26,30). The molecule has 3 rings (SSSR count). The zero-order valence-corrected chi connectivity index (χ0v) is 18.6. The van der Waals surface area contributed by atoms with Crippen LogP contribution in [0.1, 0.15) is 44.5 Å². The lowest BCUT2D eigenvalue weighted by atomic mass is 10.1. The Kier molecular flexibility index (Phi) is 7.44. The van der Waals surface area contributed by atoms with Gasteiger partial charge in [0.25, 0.3) is 0 Å². The van der Waals surface area contributed by atoms with Gasteiger partial charge in [0.15, 0.2) is 5.65 Å². The topological polar surface area (TPSA) is 63.1 Å². The highest BCUT2D eigenvalue weighted by Crippen LogP contribution is 2.17. The number of aromatic nitrogens is 3. The summed E-state index contributed by atoms with van der Waals surface area (Å²) in [5, 5.41) is 3.02. The molecule has 0 saturated heterocycles. The summed E-state index contributed by atoms with van der Waals surface area (Å²) in [5.74, 6) is 1.72. The van der Waals surface area contributed by atoms with Gasteiger partial charge in [-0.3, -0.25) is 4.79 Å². The van der Waals surface area contributed by atoms with E-state index in [1.807, 2.05) is 32.4 Å². The monoisotopic (exact) mass is 407 g/mol. The molecule has 0 unspecified atom stereocenters. The van der Waals surface area contributed by atoms with Gasteiger partial charge in [-0.2, -0.15) is 0 Å². The minimum Gasteiger partial charge on any atom is -0.378 e. The number of amides is 1. The molecule has 2 heterocycles. The summed E-state index contributed by atoms with van der Waals surface area (Å²) in [5.41, 5.74) is 4.14. The van der Waals surface area contributed by atoms with Crippen molar-refractivity contribution >= 4 is 22.8 Å². The van der Waals surface area contributed by atoms with Gasteiger partial charge in [0.05, 0.1) is 0 Å². The molecule has 0 aliphatic heterocycles. The number of carbonyl (C=O) groups is 1. The number of nitrogens with zero attached hydrogens (tertiary/aromatic N) is 4. The summed E-state index contributed by atoms with van der Waals surface area (Å²) in [7, 11) is 4.04. The molecule has 30 heavy (non-hydrogen) atoms. The van der Waals surface area contributed by atoms with Crippen molar-refractivity contribution in [2.45, 2.75) is 52.6 Å². The second kappa shape index (κ2) is 10.2. The van der Waals surface area contributed by atoms with Crippen molar-refractivity contribution < 1.29 is 4.79 Å². The van der Waals surface area contributed by atoms with Crippen LogP contribution in [0.5, 0.6) is 0 Å². The molecule has 6 nitrogen and oxygen atoms in total. The minimum atomic E-state index is 0.0784. The third kappa shape index (κ3) is 5.81. The van der Waals surface area contributed by atoms with Crippen molar-refractivity contribution in [3.63, 3.8) is 0 Å². The second-order valence-corrected chi connectivity index (χ2v) is 8.40. The zero-order valence-electron chi connectivity index (χ0n) is 18.6. The Morgan fingerprint density at radius 1 is 1.17 bits per heavy atom. The number of imidazole rings is 1. The van der Waals surface area contributed by atoms with Gasteiger partial charge in [-0.25, -0.2) is 9.97 Å². The van der Waals surface area contributed by atoms with Crippen LogP contribution >= 0.6 is 0 Å². The number of fused-ring (bicyclic) bond motifs is 1. The van der Waals surface area contributed by atoms with Crippen LogP contribution in [0.3, 0.4) is 0 Å². The van der Waals surface area contributed by atoms with Crippen molar-refractivity contribution in [3.8, 4) is 0 Å². The third-order valence-corrected chi connectivity index (χ3v) is 5.26. The van der Waals surface area contributed by atoms with Gasteiger partial charge in [-0.1, -0.05) is 26.0 Å². The maximum absolute atomic E-state index is 12.3. The highest BCUT2D eigenvalue weighted by Gasteiger charge is 2.12. The maximum Gasteiger partial charge on any atom is 0.220 e. The van der Waals surface area contributed by atoms with Crippen LogP contribution in [0, 0.1) is 5.92 Å². The van der Waals surface area contributed by atoms with Gasteiger partial charge in [-0.05, 0) is 48.6 Å². The van der Waals surface area contributed by atoms with E-state index < -0.39 is 0 Å². The number of anilines is 1. The normalized spacial score (nSPS) is 11.2. The molecule has 0 radical (unpaired) electrons. The molecule has 1 aromatic carbocycles. The fourth-order valence-corrected chi connectivity index (χ4v) is 3.43. The molecule has 0 atom stereocenters. The number of pyridine rings is 1. The van der Waals surface area contributed by atoms with Gasteiger partial charge < -0.3 is 14.8 Å². The predicted octanol–water partition coefficient (Wildman–Crippen LogP) is 4.18. The van der Waals surface area contributed by atoms with Gasteiger partial charge in [0.1, 0.15) is 11.3 Å². The smallest absolute Gasteiger partial charge is 0.220 e. The highest BCUT2D eigenvalue weighted by molar-refractivity contribution is 5.76. The summed E-state index contributed by atoms with van der Waals surface area (Å²) < 4.78 is 2.22. The summed E-state index contributed by atoms with van der Waals surface area (Å²) in [6, 6.07) is 12.2.